The number of halogens is 3. The zero-order chi connectivity index (χ0) is 14.0. The van der Waals surface area contributed by atoms with Crippen molar-refractivity contribution in [2.75, 3.05) is 6.54 Å². The predicted octanol–water partition coefficient (Wildman–Crippen LogP) is -0.585. The van der Waals surface area contributed by atoms with Crippen molar-refractivity contribution < 1.29 is 31.5 Å². The molecule has 0 aliphatic heterocycles. The van der Waals surface area contributed by atoms with Crippen LogP contribution in [-0.2, 0) is 16.6 Å². The normalized spacial score (nSPS) is 12.6. The number of sulfonamides is 1. The van der Waals surface area contributed by atoms with Gasteiger partial charge in [-0.3, -0.25) is 4.68 Å². The highest BCUT2D eigenvalue weighted by atomic mass is 32.2. The Morgan fingerprint density at radius 2 is 2.11 bits per heavy atom. The molecular formula is C6H7F3N4O4S. The maximum absolute atomic E-state index is 11.9. The van der Waals surface area contributed by atoms with Gasteiger partial charge in [0, 0.05) is 6.54 Å². The molecule has 12 heteroatoms. The van der Waals surface area contributed by atoms with Gasteiger partial charge in [-0.1, -0.05) is 5.21 Å². The first-order valence-electron chi connectivity index (χ1n) is 4.33. The highest BCUT2D eigenvalue weighted by molar-refractivity contribution is 7.90. The largest absolute Gasteiger partial charge is 0.511 e. The SMILES string of the molecule is O=C(O)c1cn(CCNS(=O)(=O)C(F)(F)F)nn1. The van der Waals surface area contributed by atoms with Crippen molar-refractivity contribution in [2.45, 2.75) is 12.1 Å². The van der Waals surface area contributed by atoms with Gasteiger partial charge in [-0.2, -0.15) is 13.2 Å². The number of rotatable bonds is 5. The molecule has 1 aromatic heterocycles. The molecule has 102 valence electrons. The molecule has 0 unspecified atom stereocenters. The van der Waals surface area contributed by atoms with Crippen LogP contribution in [0.3, 0.4) is 0 Å². The molecule has 1 rings (SSSR count). The van der Waals surface area contributed by atoms with Crippen LogP contribution in [-0.4, -0.2) is 46.5 Å². The lowest BCUT2D eigenvalue weighted by Gasteiger charge is -2.08. The van der Waals surface area contributed by atoms with E-state index >= 15 is 0 Å². The third kappa shape index (κ3) is 3.40. The fraction of sp³-hybridized carbons (Fsp3) is 0.500. The van der Waals surface area contributed by atoms with Gasteiger partial charge < -0.3 is 5.11 Å². The molecule has 0 atom stereocenters. The van der Waals surface area contributed by atoms with Crippen LogP contribution < -0.4 is 4.72 Å². The summed E-state index contributed by atoms with van der Waals surface area (Å²) in [5, 5.41) is 15.0. The summed E-state index contributed by atoms with van der Waals surface area (Å²) in [6.07, 6.45) is 0.963. The number of aromatic nitrogens is 3. The van der Waals surface area contributed by atoms with Crippen molar-refractivity contribution in [3.63, 3.8) is 0 Å². The molecule has 0 aliphatic rings. The Labute approximate surface area is 98.4 Å². The zero-order valence-electron chi connectivity index (χ0n) is 8.55. The lowest BCUT2D eigenvalue weighted by atomic mass is 10.5. The van der Waals surface area contributed by atoms with Gasteiger partial charge in [0.2, 0.25) is 0 Å². The molecule has 0 spiro atoms. The Morgan fingerprint density at radius 3 is 2.56 bits per heavy atom. The first-order valence-corrected chi connectivity index (χ1v) is 5.81. The average Bonchev–Trinajstić information content (AvgIpc) is 2.64. The summed E-state index contributed by atoms with van der Waals surface area (Å²) in [5.41, 5.74) is -5.78. The fourth-order valence-electron chi connectivity index (χ4n) is 0.882. The molecule has 0 aromatic carbocycles. The summed E-state index contributed by atoms with van der Waals surface area (Å²) < 4.78 is 59.1. The van der Waals surface area contributed by atoms with E-state index in [0.717, 1.165) is 10.9 Å². The summed E-state index contributed by atoms with van der Waals surface area (Å²) in [6, 6.07) is 0. The third-order valence-electron chi connectivity index (χ3n) is 1.70. The highest BCUT2D eigenvalue weighted by Crippen LogP contribution is 2.21. The number of carboxylic acid groups (broad SMARTS) is 1. The molecule has 1 heterocycles. The second-order valence-corrected chi connectivity index (χ2v) is 4.77. The van der Waals surface area contributed by atoms with Gasteiger partial charge in [0.05, 0.1) is 12.7 Å². The van der Waals surface area contributed by atoms with Gasteiger partial charge in [-0.05, 0) is 0 Å². The second kappa shape index (κ2) is 4.89. The minimum Gasteiger partial charge on any atom is -0.476 e. The number of hydrogen-bond donors (Lipinski definition) is 2. The minimum atomic E-state index is -5.41. The van der Waals surface area contributed by atoms with Crippen LogP contribution in [0.4, 0.5) is 13.2 Å². The van der Waals surface area contributed by atoms with Gasteiger partial charge in [0.25, 0.3) is 0 Å². The summed E-state index contributed by atoms with van der Waals surface area (Å²) in [4.78, 5) is 10.4. The fourth-order valence-corrected chi connectivity index (χ4v) is 1.41. The molecule has 0 fully saturated rings. The van der Waals surface area contributed by atoms with Crippen LogP contribution in [0.2, 0.25) is 0 Å². The monoisotopic (exact) mass is 288 g/mol. The van der Waals surface area contributed by atoms with E-state index in [1.165, 1.54) is 4.72 Å². The van der Waals surface area contributed by atoms with Crippen LogP contribution in [0.1, 0.15) is 10.5 Å². The maximum atomic E-state index is 11.9. The molecular weight excluding hydrogens is 281 g/mol. The van der Waals surface area contributed by atoms with E-state index in [4.69, 9.17) is 5.11 Å². The summed E-state index contributed by atoms with van der Waals surface area (Å²) in [6.45, 7) is -0.875. The molecule has 0 amide bonds. The quantitative estimate of drug-likeness (QED) is 0.749. The number of nitrogens with one attached hydrogen (secondary N) is 1. The van der Waals surface area contributed by atoms with E-state index in [1.54, 1.807) is 0 Å². The van der Waals surface area contributed by atoms with Crippen molar-refractivity contribution in [1.29, 1.82) is 0 Å². The Hall–Kier alpha value is -1.69. The molecule has 0 radical (unpaired) electrons. The summed E-state index contributed by atoms with van der Waals surface area (Å²) >= 11 is 0. The Bertz CT molecular complexity index is 537. The molecule has 0 bridgehead atoms. The molecule has 0 saturated heterocycles. The number of alkyl halides is 3. The van der Waals surface area contributed by atoms with Crippen LogP contribution in [0.25, 0.3) is 0 Å². The third-order valence-corrected chi connectivity index (χ3v) is 2.89. The standard InChI is InChI=1S/C6H7F3N4O4S/c7-6(8,9)18(16,17)10-1-2-13-3-4(5(14)15)11-12-13/h3,10H,1-2H2,(H,14,15). The average molecular weight is 288 g/mol. The lowest BCUT2D eigenvalue weighted by Crippen LogP contribution is -2.38. The number of aromatic carboxylic acids is 1. The Morgan fingerprint density at radius 1 is 1.50 bits per heavy atom. The van der Waals surface area contributed by atoms with Crippen LogP contribution >= 0.6 is 0 Å². The van der Waals surface area contributed by atoms with Crippen molar-refractivity contribution in [2.24, 2.45) is 0 Å². The van der Waals surface area contributed by atoms with E-state index in [9.17, 15) is 26.4 Å². The number of hydrogen-bond acceptors (Lipinski definition) is 5. The number of carboxylic acids is 1. The first kappa shape index (κ1) is 14.4. The Kier molecular flexibility index (Phi) is 3.91. The first-order chi connectivity index (χ1) is 8.13. The van der Waals surface area contributed by atoms with Crippen LogP contribution in [0, 0.1) is 0 Å². The van der Waals surface area contributed by atoms with Crippen LogP contribution in [0.5, 0.6) is 0 Å². The van der Waals surface area contributed by atoms with Crippen molar-refractivity contribution in [1.82, 2.24) is 19.7 Å². The minimum absolute atomic E-state index is 0.282. The zero-order valence-corrected chi connectivity index (χ0v) is 9.36. The van der Waals surface area contributed by atoms with E-state index in [0.29, 0.717) is 0 Å². The van der Waals surface area contributed by atoms with E-state index in [1.807, 2.05) is 0 Å². The van der Waals surface area contributed by atoms with Gasteiger partial charge in [-0.25, -0.2) is 17.9 Å². The molecule has 1 aromatic rings. The predicted molar refractivity (Wildman–Crippen MR) is 50.0 cm³/mol. The topological polar surface area (TPSA) is 114 Å². The molecule has 0 saturated carbocycles. The van der Waals surface area contributed by atoms with Crippen LogP contribution in [0.15, 0.2) is 6.20 Å². The smallest absolute Gasteiger partial charge is 0.476 e. The van der Waals surface area contributed by atoms with Crippen molar-refractivity contribution in [3.8, 4) is 0 Å². The molecule has 2 N–H and O–H groups in total. The highest BCUT2D eigenvalue weighted by Gasteiger charge is 2.45. The summed E-state index contributed by atoms with van der Waals surface area (Å²) in [5.74, 6) is -1.35. The van der Waals surface area contributed by atoms with Gasteiger partial charge in [0.15, 0.2) is 5.69 Å². The van der Waals surface area contributed by atoms with E-state index < -0.39 is 33.7 Å². The van der Waals surface area contributed by atoms with E-state index in [-0.39, 0.29) is 6.54 Å². The van der Waals surface area contributed by atoms with E-state index in [2.05, 4.69) is 10.3 Å². The second-order valence-electron chi connectivity index (χ2n) is 3.02. The number of carbonyl (C=O) groups is 1. The molecule has 8 nitrogen and oxygen atoms in total. The van der Waals surface area contributed by atoms with Gasteiger partial charge in [0.1, 0.15) is 0 Å². The summed E-state index contributed by atoms with van der Waals surface area (Å²) in [7, 11) is -5.41. The molecule has 18 heavy (non-hydrogen) atoms. The van der Waals surface area contributed by atoms with Gasteiger partial charge >= 0.3 is 21.5 Å². The van der Waals surface area contributed by atoms with Crippen molar-refractivity contribution in [3.05, 3.63) is 11.9 Å². The van der Waals surface area contributed by atoms with Crippen molar-refractivity contribution >= 4 is 16.0 Å². The Balaban J connectivity index is 2.54. The maximum Gasteiger partial charge on any atom is 0.511 e. The lowest BCUT2D eigenvalue weighted by molar-refractivity contribution is -0.0447. The van der Waals surface area contributed by atoms with Gasteiger partial charge in [-0.15, -0.1) is 5.10 Å². The molecule has 0 aliphatic carbocycles. The number of nitrogens with zero attached hydrogens (tertiary/aromatic N) is 3.